The summed E-state index contributed by atoms with van der Waals surface area (Å²) in [6.07, 6.45) is 0.980. The number of aliphatic imine (C=N–C) groups is 1. The molecule has 0 aliphatic rings. The normalized spacial score (nSPS) is 12.8. The average Bonchev–Trinajstić information content (AvgIpc) is 2.57. The van der Waals surface area contributed by atoms with Gasteiger partial charge in [-0.15, -0.1) is 0 Å². The smallest absolute Gasteiger partial charge is 0.191 e. The summed E-state index contributed by atoms with van der Waals surface area (Å²) in [7, 11) is 3.91. The van der Waals surface area contributed by atoms with E-state index in [1.54, 1.807) is 7.05 Å². The fraction of sp³-hybridized carbons (Fsp3) is 0.588. The molecule has 0 aliphatic carbocycles. The molecule has 0 aliphatic heterocycles. The number of nitrogens with one attached hydrogen (secondary N) is 2. The first-order chi connectivity index (χ1) is 10.7. The van der Waals surface area contributed by atoms with E-state index in [0.29, 0.717) is 6.04 Å². The Kier molecular flexibility index (Phi) is 9.07. The minimum Gasteiger partial charge on any atom is -0.382 e. The third-order valence-electron chi connectivity index (χ3n) is 3.58. The molecule has 1 aromatic carbocycles. The summed E-state index contributed by atoms with van der Waals surface area (Å²) in [5, 5.41) is 6.67. The summed E-state index contributed by atoms with van der Waals surface area (Å²) in [5.41, 5.74) is 1.22. The molecule has 0 spiro atoms. The second kappa shape index (κ2) is 10.9. The van der Waals surface area contributed by atoms with Crippen LogP contribution in [0.15, 0.2) is 35.3 Å². The van der Waals surface area contributed by atoms with Crippen LogP contribution in [0.1, 0.15) is 20.3 Å². The van der Waals surface area contributed by atoms with Crippen molar-refractivity contribution in [2.75, 3.05) is 45.3 Å². The highest BCUT2D eigenvalue weighted by Gasteiger charge is 2.10. The summed E-state index contributed by atoms with van der Waals surface area (Å²) in [6, 6.07) is 10.8. The van der Waals surface area contributed by atoms with Crippen molar-refractivity contribution in [2.24, 2.45) is 4.99 Å². The molecule has 0 fully saturated rings. The molecule has 0 amide bonds. The number of anilines is 1. The Balaban J connectivity index is 2.30. The molecular formula is C17H30N4O. The van der Waals surface area contributed by atoms with Gasteiger partial charge in [0.2, 0.25) is 0 Å². The van der Waals surface area contributed by atoms with Crippen LogP contribution in [0.25, 0.3) is 0 Å². The van der Waals surface area contributed by atoms with E-state index in [9.17, 15) is 0 Å². The zero-order chi connectivity index (χ0) is 16.2. The van der Waals surface area contributed by atoms with E-state index in [1.165, 1.54) is 5.69 Å². The van der Waals surface area contributed by atoms with Crippen molar-refractivity contribution in [1.29, 1.82) is 0 Å². The monoisotopic (exact) mass is 306 g/mol. The van der Waals surface area contributed by atoms with Gasteiger partial charge in [-0.3, -0.25) is 4.99 Å². The molecule has 2 N–H and O–H groups in total. The molecule has 5 heteroatoms. The Labute approximate surface area is 134 Å². The topological polar surface area (TPSA) is 48.9 Å². The number of hydrogen-bond acceptors (Lipinski definition) is 3. The highest BCUT2D eigenvalue weighted by atomic mass is 16.5. The van der Waals surface area contributed by atoms with Gasteiger partial charge in [0.05, 0.1) is 0 Å². The summed E-state index contributed by atoms with van der Waals surface area (Å²) in [5.74, 6) is 0.838. The largest absolute Gasteiger partial charge is 0.382 e. The van der Waals surface area contributed by atoms with E-state index in [4.69, 9.17) is 4.74 Å². The van der Waals surface area contributed by atoms with E-state index in [1.807, 2.05) is 13.0 Å². The second-order valence-corrected chi connectivity index (χ2v) is 5.23. The van der Waals surface area contributed by atoms with Gasteiger partial charge < -0.3 is 20.3 Å². The number of para-hydroxylation sites is 1. The lowest BCUT2D eigenvalue weighted by molar-refractivity contribution is 0.145. The summed E-state index contributed by atoms with van der Waals surface area (Å²) >= 11 is 0. The number of hydrogen-bond donors (Lipinski definition) is 2. The van der Waals surface area contributed by atoms with Crippen LogP contribution in [0.2, 0.25) is 0 Å². The fourth-order valence-electron chi connectivity index (χ4n) is 2.04. The zero-order valence-electron chi connectivity index (χ0n) is 14.3. The van der Waals surface area contributed by atoms with Gasteiger partial charge in [0.25, 0.3) is 0 Å². The van der Waals surface area contributed by atoms with Gasteiger partial charge in [0.15, 0.2) is 5.96 Å². The Hall–Kier alpha value is -1.75. The second-order valence-electron chi connectivity index (χ2n) is 5.23. The Morgan fingerprint density at radius 3 is 2.64 bits per heavy atom. The first kappa shape index (κ1) is 18.3. The van der Waals surface area contributed by atoms with E-state index in [-0.39, 0.29) is 0 Å². The molecular weight excluding hydrogens is 276 g/mol. The predicted molar refractivity (Wildman–Crippen MR) is 94.8 cm³/mol. The predicted octanol–water partition coefficient (Wildman–Crippen LogP) is 2.10. The summed E-state index contributed by atoms with van der Waals surface area (Å²) in [4.78, 5) is 6.50. The molecule has 5 nitrogen and oxygen atoms in total. The van der Waals surface area contributed by atoms with Gasteiger partial charge in [-0.25, -0.2) is 0 Å². The first-order valence-electron chi connectivity index (χ1n) is 7.99. The lowest BCUT2D eigenvalue weighted by Crippen LogP contribution is -2.45. The van der Waals surface area contributed by atoms with Crippen molar-refractivity contribution >= 4 is 11.6 Å². The number of rotatable bonds is 9. The third-order valence-corrected chi connectivity index (χ3v) is 3.58. The van der Waals surface area contributed by atoms with Gasteiger partial charge in [-0.2, -0.15) is 0 Å². The van der Waals surface area contributed by atoms with Crippen LogP contribution in [0.3, 0.4) is 0 Å². The van der Waals surface area contributed by atoms with Crippen LogP contribution >= 0.6 is 0 Å². The molecule has 0 aromatic heterocycles. The van der Waals surface area contributed by atoms with Gasteiger partial charge >= 0.3 is 0 Å². The molecule has 0 heterocycles. The Bertz CT molecular complexity index is 422. The van der Waals surface area contributed by atoms with E-state index < -0.39 is 0 Å². The standard InChI is InChI=1S/C17H30N4O/c1-5-22-13-9-12-19-17(18-3)20-14-15(2)21(4)16-10-7-6-8-11-16/h6-8,10-11,15H,5,9,12-14H2,1-4H3,(H2,18,19,20). The number of ether oxygens (including phenoxy) is 1. The fourth-order valence-corrected chi connectivity index (χ4v) is 2.04. The molecule has 124 valence electrons. The summed E-state index contributed by atoms with van der Waals surface area (Å²) < 4.78 is 5.32. The van der Waals surface area contributed by atoms with Crippen LogP contribution in [0.4, 0.5) is 5.69 Å². The van der Waals surface area contributed by atoms with Gasteiger partial charge in [-0.1, -0.05) is 18.2 Å². The molecule has 0 bridgehead atoms. The first-order valence-corrected chi connectivity index (χ1v) is 7.99. The number of guanidine groups is 1. The maximum atomic E-state index is 5.32. The number of benzene rings is 1. The molecule has 1 unspecified atom stereocenters. The average molecular weight is 306 g/mol. The van der Waals surface area contributed by atoms with Crippen LogP contribution < -0.4 is 15.5 Å². The van der Waals surface area contributed by atoms with Crippen molar-refractivity contribution in [3.63, 3.8) is 0 Å². The van der Waals surface area contributed by atoms with Crippen LogP contribution in [0, 0.1) is 0 Å². The maximum Gasteiger partial charge on any atom is 0.191 e. The molecule has 0 saturated carbocycles. The lowest BCUT2D eigenvalue weighted by atomic mass is 10.2. The van der Waals surface area contributed by atoms with Crippen LogP contribution in [-0.2, 0) is 4.74 Å². The number of likely N-dealkylation sites (N-methyl/N-ethyl adjacent to an activating group) is 1. The Morgan fingerprint density at radius 1 is 1.27 bits per heavy atom. The van der Waals surface area contributed by atoms with Crippen molar-refractivity contribution in [2.45, 2.75) is 26.3 Å². The van der Waals surface area contributed by atoms with Crippen LogP contribution in [-0.4, -0.2) is 52.4 Å². The van der Waals surface area contributed by atoms with Gasteiger partial charge in [0.1, 0.15) is 0 Å². The molecule has 0 radical (unpaired) electrons. The highest BCUT2D eigenvalue weighted by Crippen LogP contribution is 2.13. The van der Waals surface area contributed by atoms with Crippen molar-refractivity contribution < 1.29 is 4.74 Å². The SMILES string of the molecule is CCOCCCNC(=NC)NCC(C)N(C)c1ccccc1. The Morgan fingerprint density at radius 2 is 2.00 bits per heavy atom. The molecule has 1 aromatic rings. The molecule has 0 saturated heterocycles. The molecule has 22 heavy (non-hydrogen) atoms. The summed E-state index contributed by atoms with van der Waals surface area (Å²) in [6.45, 7) is 7.46. The van der Waals surface area contributed by atoms with Crippen molar-refractivity contribution in [3.05, 3.63) is 30.3 Å². The quantitative estimate of drug-likeness (QED) is 0.417. The van der Waals surface area contributed by atoms with Gasteiger partial charge in [0, 0.05) is 52.1 Å². The van der Waals surface area contributed by atoms with E-state index >= 15 is 0 Å². The molecule has 1 rings (SSSR count). The minimum atomic E-state index is 0.365. The minimum absolute atomic E-state index is 0.365. The van der Waals surface area contributed by atoms with Crippen LogP contribution in [0.5, 0.6) is 0 Å². The highest BCUT2D eigenvalue weighted by molar-refractivity contribution is 5.79. The van der Waals surface area contributed by atoms with E-state index in [2.05, 4.69) is 58.8 Å². The van der Waals surface area contributed by atoms with Crippen molar-refractivity contribution in [3.8, 4) is 0 Å². The van der Waals surface area contributed by atoms with E-state index in [0.717, 1.165) is 38.7 Å². The molecule has 1 atom stereocenters. The maximum absolute atomic E-state index is 5.32. The van der Waals surface area contributed by atoms with Gasteiger partial charge in [-0.05, 0) is 32.4 Å². The van der Waals surface area contributed by atoms with Crippen molar-refractivity contribution in [1.82, 2.24) is 10.6 Å². The lowest BCUT2D eigenvalue weighted by Gasteiger charge is -2.27. The third kappa shape index (κ3) is 6.80. The zero-order valence-corrected chi connectivity index (χ0v) is 14.3. The number of nitrogens with zero attached hydrogens (tertiary/aromatic N) is 2.